The third-order valence-corrected chi connectivity index (χ3v) is 2.62. The van der Waals surface area contributed by atoms with Gasteiger partial charge in [0.05, 0.1) is 0 Å². The number of hydrogen-bond donors (Lipinski definition) is 1. The standard InChI is InChI=1S/C9H20N2/c1-5-11-6-8(2)10-7-9(11,3)4/h8,10H,5-7H2,1-4H3. The van der Waals surface area contributed by atoms with E-state index in [1.165, 1.54) is 13.1 Å². The molecule has 0 aliphatic carbocycles. The number of rotatable bonds is 1. The number of piperazine rings is 1. The van der Waals surface area contributed by atoms with Crippen molar-refractivity contribution in [2.24, 2.45) is 0 Å². The molecule has 1 unspecified atom stereocenters. The molecule has 1 aliphatic heterocycles. The van der Waals surface area contributed by atoms with E-state index in [9.17, 15) is 0 Å². The molecule has 66 valence electrons. The van der Waals surface area contributed by atoms with Crippen LogP contribution in [0.3, 0.4) is 0 Å². The Balaban J connectivity index is 2.56. The van der Waals surface area contributed by atoms with Crippen molar-refractivity contribution in [3.63, 3.8) is 0 Å². The van der Waals surface area contributed by atoms with E-state index in [4.69, 9.17) is 0 Å². The first kappa shape index (κ1) is 9.01. The third kappa shape index (κ3) is 1.94. The van der Waals surface area contributed by atoms with E-state index in [0.29, 0.717) is 11.6 Å². The minimum absolute atomic E-state index is 0.348. The van der Waals surface area contributed by atoms with Crippen LogP contribution in [0, 0.1) is 0 Å². The Kier molecular flexibility index (Phi) is 2.55. The van der Waals surface area contributed by atoms with Gasteiger partial charge in [-0.25, -0.2) is 0 Å². The molecular formula is C9H20N2. The van der Waals surface area contributed by atoms with Crippen LogP contribution in [-0.4, -0.2) is 36.1 Å². The van der Waals surface area contributed by atoms with Crippen LogP contribution in [0.5, 0.6) is 0 Å². The summed E-state index contributed by atoms with van der Waals surface area (Å²) in [6.07, 6.45) is 0. The van der Waals surface area contributed by atoms with Gasteiger partial charge in [-0.2, -0.15) is 0 Å². The molecule has 1 heterocycles. The highest BCUT2D eigenvalue weighted by atomic mass is 15.3. The molecule has 1 rings (SSSR count). The molecule has 0 spiro atoms. The molecule has 0 amide bonds. The molecule has 1 N–H and O–H groups in total. The van der Waals surface area contributed by atoms with Crippen molar-refractivity contribution in [3.8, 4) is 0 Å². The summed E-state index contributed by atoms with van der Waals surface area (Å²) in [7, 11) is 0. The predicted octanol–water partition coefficient (Wildman–Crippen LogP) is 1.08. The fourth-order valence-corrected chi connectivity index (χ4v) is 1.74. The maximum absolute atomic E-state index is 3.49. The lowest BCUT2D eigenvalue weighted by atomic mass is 9.98. The number of hydrogen-bond acceptors (Lipinski definition) is 2. The van der Waals surface area contributed by atoms with Gasteiger partial charge in [0.15, 0.2) is 0 Å². The Morgan fingerprint density at radius 1 is 1.55 bits per heavy atom. The summed E-state index contributed by atoms with van der Waals surface area (Å²) in [5, 5.41) is 3.49. The van der Waals surface area contributed by atoms with Crippen molar-refractivity contribution in [1.82, 2.24) is 10.2 Å². The SMILES string of the molecule is CCN1CC(C)NCC1(C)C. The fraction of sp³-hybridized carbons (Fsp3) is 1.00. The molecule has 0 aromatic carbocycles. The Labute approximate surface area is 70.0 Å². The zero-order valence-electron chi connectivity index (χ0n) is 8.15. The second-order valence-electron chi connectivity index (χ2n) is 4.13. The lowest BCUT2D eigenvalue weighted by Crippen LogP contribution is -2.60. The van der Waals surface area contributed by atoms with Crippen LogP contribution in [0.4, 0.5) is 0 Å². The summed E-state index contributed by atoms with van der Waals surface area (Å²) in [6, 6.07) is 0.656. The van der Waals surface area contributed by atoms with E-state index in [1.54, 1.807) is 0 Å². The van der Waals surface area contributed by atoms with Gasteiger partial charge in [-0.1, -0.05) is 6.92 Å². The van der Waals surface area contributed by atoms with E-state index in [1.807, 2.05) is 0 Å². The second-order valence-corrected chi connectivity index (χ2v) is 4.13. The highest BCUT2D eigenvalue weighted by Gasteiger charge is 2.30. The molecule has 2 heteroatoms. The number of likely N-dealkylation sites (N-methyl/N-ethyl adjacent to an activating group) is 1. The van der Waals surface area contributed by atoms with Crippen LogP contribution in [0.25, 0.3) is 0 Å². The monoisotopic (exact) mass is 156 g/mol. The van der Waals surface area contributed by atoms with Crippen molar-refractivity contribution >= 4 is 0 Å². The first-order chi connectivity index (χ1) is 5.06. The summed E-state index contributed by atoms with van der Waals surface area (Å²) < 4.78 is 0. The molecule has 1 atom stereocenters. The maximum Gasteiger partial charge on any atom is 0.0278 e. The van der Waals surface area contributed by atoms with E-state index < -0.39 is 0 Å². The highest BCUT2D eigenvalue weighted by molar-refractivity contribution is 4.90. The first-order valence-corrected chi connectivity index (χ1v) is 4.54. The van der Waals surface area contributed by atoms with Crippen molar-refractivity contribution in [1.29, 1.82) is 0 Å². The molecule has 11 heavy (non-hydrogen) atoms. The second kappa shape index (κ2) is 3.11. The van der Waals surface area contributed by atoms with Crippen molar-refractivity contribution in [2.45, 2.75) is 39.3 Å². The molecule has 0 saturated carbocycles. The molecular weight excluding hydrogens is 136 g/mol. The zero-order chi connectivity index (χ0) is 8.48. The van der Waals surface area contributed by atoms with Crippen LogP contribution >= 0.6 is 0 Å². The zero-order valence-corrected chi connectivity index (χ0v) is 8.15. The highest BCUT2D eigenvalue weighted by Crippen LogP contribution is 2.17. The topological polar surface area (TPSA) is 15.3 Å². The van der Waals surface area contributed by atoms with Crippen LogP contribution in [0.15, 0.2) is 0 Å². The summed E-state index contributed by atoms with van der Waals surface area (Å²) in [5.74, 6) is 0. The Hall–Kier alpha value is -0.0800. The van der Waals surface area contributed by atoms with E-state index in [2.05, 4.69) is 37.9 Å². The molecule has 2 nitrogen and oxygen atoms in total. The van der Waals surface area contributed by atoms with Crippen molar-refractivity contribution in [3.05, 3.63) is 0 Å². The van der Waals surface area contributed by atoms with Gasteiger partial charge in [-0.05, 0) is 27.3 Å². The molecule has 1 saturated heterocycles. The van der Waals surface area contributed by atoms with Crippen molar-refractivity contribution < 1.29 is 0 Å². The Bertz CT molecular complexity index is 132. The molecule has 0 radical (unpaired) electrons. The van der Waals surface area contributed by atoms with Crippen LogP contribution < -0.4 is 5.32 Å². The lowest BCUT2D eigenvalue weighted by molar-refractivity contribution is 0.0762. The van der Waals surface area contributed by atoms with Gasteiger partial charge in [0, 0.05) is 24.7 Å². The van der Waals surface area contributed by atoms with Gasteiger partial charge in [0.25, 0.3) is 0 Å². The summed E-state index contributed by atoms with van der Waals surface area (Å²) >= 11 is 0. The van der Waals surface area contributed by atoms with E-state index >= 15 is 0 Å². The number of nitrogens with zero attached hydrogens (tertiary/aromatic N) is 1. The van der Waals surface area contributed by atoms with Crippen LogP contribution in [0.1, 0.15) is 27.7 Å². The summed E-state index contributed by atoms with van der Waals surface area (Å²) in [6.45, 7) is 12.5. The lowest BCUT2D eigenvalue weighted by Gasteiger charge is -2.44. The van der Waals surface area contributed by atoms with Gasteiger partial charge in [0.2, 0.25) is 0 Å². The molecule has 1 fully saturated rings. The van der Waals surface area contributed by atoms with Gasteiger partial charge < -0.3 is 5.32 Å². The number of nitrogens with one attached hydrogen (secondary N) is 1. The van der Waals surface area contributed by atoms with Crippen molar-refractivity contribution in [2.75, 3.05) is 19.6 Å². The molecule has 1 aliphatic rings. The summed E-state index contributed by atoms with van der Waals surface area (Å²) in [5.41, 5.74) is 0.348. The average molecular weight is 156 g/mol. The minimum Gasteiger partial charge on any atom is -0.311 e. The normalized spacial score (nSPS) is 32.2. The minimum atomic E-state index is 0.348. The summed E-state index contributed by atoms with van der Waals surface area (Å²) in [4.78, 5) is 2.54. The first-order valence-electron chi connectivity index (χ1n) is 4.54. The average Bonchev–Trinajstić information content (AvgIpc) is 1.94. The Morgan fingerprint density at radius 2 is 2.18 bits per heavy atom. The Morgan fingerprint density at radius 3 is 2.64 bits per heavy atom. The van der Waals surface area contributed by atoms with Gasteiger partial charge >= 0.3 is 0 Å². The largest absolute Gasteiger partial charge is 0.311 e. The van der Waals surface area contributed by atoms with Crippen LogP contribution in [0.2, 0.25) is 0 Å². The molecule has 0 aromatic rings. The molecule has 0 bridgehead atoms. The van der Waals surface area contributed by atoms with E-state index in [-0.39, 0.29) is 0 Å². The van der Waals surface area contributed by atoms with Gasteiger partial charge in [-0.3, -0.25) is 4.90 Å². The molecule has 0 aromatic heterocycles. The predicted molar refractivity (Wildman–Crippen MR) is 48.8 cm³/mol. The maximum atomic E-state index is 3.49. The quantitative estimate of drug-likeness (QED) is 0.611. The fourth-order valence-electron chi connectivity index (χ4n) is 1.74. The third-order valence-electron chi connectivity index (χ3n) is 2.62. The van der Waals surface area contributed by atoms with Gasteiger partial charge in [0.1, 0.15) is 0 Å². The van der Waals surface area contributed by atoms with E-state index in [0.717, 1.165) is 6.54 Å². The van der Waals surface area contributed by atoms with Crippen LogP contribution in [-0.2, 0) is 0 Å². The van der Waals surface area contributed by atoms with Gasteiger partial charge in [-0.15, -0.1) is 0 Å². The smallest absolute Gasteiger partial charge is 0.0278 e.